The van der Waals surface area contributed by atoms with Gasteiger partial charge in [0.05, 0.1) is 32.5 Å². The molecule has 4 aromatic rings. The summed E-state index contributed by atoms with van der Waals surface area (Å²) in [6.07, 6.45) is 0.875. The molecule has 0 atom stereocenters. The Labute approximate surface area is 209 Å². The van der Waals surface area contributed by atoms with Crippen molar-refractivity contribution < 1.29 is 23.4 Å². The molecule has 0 spiro atoms. The van der Waals surface area contributed by atoms with E-state index in [4.69, 9.17) is 23.4 Å². The Morgan fingerprint density at radius 1 is 0.917 bits per heavy atom. The molecule has 1 aromatic heterocycles. The van der Waals surface area contributed by atoms with E-state index in [1.807, 2.05) is 37.3 Å². The largest absolute Gasteiger partial charge is 0.497 e. The molecule has 186 valence electrons. The van der Waals surface area contributed by atoms with Crippen molar-refractivity contribution in [3.63, 3.8) is 0 Å². The molecule has 36 heavy (non-hydrogen) atoms. The molecular weight excluding hydrogens is 458 g/mol. The van der Waals surface area contributed by atoms with Gasteiger partial charge in [-0.05, 0) is 66.4 Å². The predicted octanol–water partition coefficient (Wildman–Crippen LogP) is 5.19. The number of benzene rings is 3. The number of hydrogen-bond acceptors (Lipinski definition) is 7. The van der Waals surface area contributed by atoms with Crippen molar-refractivity contribution in [1.29, 1.82) is 0 Å². The zero-order valence-electron chi connectivity index (χ0n) is 20.9. The summed E-state index contributed by atoms with van der Waals surface area (Å²) in [7, 11) is 4.82. The van der Waals surface area contributed by atoms with Gasteiger partial charge in [-0.25, -0.2) is 4.79 Å². The Balaban J connectivity index is 1.46. The SMILES string of the molecule is COc1ccc(CCN2COc3ccc4c(C)c(-c5ccc(OC)c(OC)c5)c(=O)oc4c3C2)cc1. The van der Waals surface area contributed by atoms with Gasteiger partial charge in [-0.1, -0.05) is 18.2 Å². The summed E-state index contributed by atoms with van der Waals surface area (Å²) in [6.45, 7) is 3.89. The lowest BCUT2D eigenvalue weighted by molar-refractivity contribution is 0.0968. The smallest absolute Gasteiger partial charge is 0.344 e. The van der Waals surface area contributed by atoms with E-state index in [1.54, 1.807) is 33.5 Å². The van der Waals surface area contributed by atoms with Crippen LogP contribution < -0.4 is 24.6 Å². The zero-order valence-corrected chi connectivity index (χ0v) is 20.9. The average Bonchev–Trinajstić information content (AvgIpc) is 2.91. The second-order valence-corrected chi connectivity index (χ2v) is 8.80. The number of hydrogen-bond donors (Lipinski definition) is 0. The van der Waals surface area contributed by atoms with Crippen LogP contribution in [0.25, 0.3) is 22.1 Å². The summed E-state index contributed by atoms with van der Waals surface area (Å²) in [5.74, 6) is 2.76. The number of aryl methyl sites for hydroxylation is 1. The van der Waals surface area contributed by atoms with E-state index in [0.29, 0.717) is 35.9 Å². The first kappa shape index (κ1) is 23.8. The fourth-order valence-corrected chi connectivity index (χ4v) is 4.72. The van der Waals surface area contributed by atoms with Crippen molar-refractivity contribution in [2.24, 2.45) is 0 Å². The van der Waals surface area contributed by atoms with E-state index >= 15 is 0 Å². The number of fused-ring (bicyclic) bond motifs is 3. The molecule has 7 nitrogen and oxygen atoms in total. The second kappa shape index (κ2) is 9.95. The van der Waals surface area contributed by atoms with E-state index in [9.17, 15) is 4.79 Å². The predicted molar refractivity (Wildman–Crippen MR) is 138 cm³/mol. The van der Waals surface area contributed by atoms with Crippen LogP contribution in [0.2, 0.25) is 0 Å². The number of rotatable bonds is 7. The van der Waals surface area contributed by atoms with Crippen LogP contribution in [-0.2, 0) is 13.0 Å². The maximum atomic E-state index is 13.2. The minimum atomic E-state index is -0.393. The van der Waals surface area contributed by atoms with Crippen molar-refractivity contribution in [2.75, 3.05) is 34.6 Å². The van der Waals surface area contributed by atoms with Crippen molar-refractivity contribution in [1.82, 2.24) is 4.90 Å². The molecular formula is C29H29NO6. The first-order chi connectivity index (χ1) is 17.5. The van der Waals surface area contributed by atoms with Gasteiger partial charge in [-0.3, -0.25) is 4.90 Å². The molecule has 0 radical (unpaired) electrons. The third-order valence-electron chi connectivity index (χ3n) is 6.73. The quantitative estimate of drug-likeness (QED) is 0.332. The average molecular weight is 488 g/mol. The Kier molecular flexibility index (Phi) is 6.57. The lowest BCUT2D eigenvalue weighted by atomic mass is 9.97. The minimum Gasteiger partial charge on any atom is -0.497 e. The third kappa shape index (κ3) is 4.38. The van der Waals surface area contributed by atoms with Crippen molar-refractivity contribution >= 4 is 11.0 Å². The molecule has 0 aliphatic carbocycles. The molecule has 0 saturated carbocycles. The van der Waals surface area contributed by atoms with Gasteiger partial charge in [0.15, 0.2) is 11.5 Å². The topological polar surface area (TPSA) is 70.4 Å². The summed E-state index contributed by atoms with van der Waals surface area (Å²) in [5.41, 5.74) is 4.39. The summed E-state index contributed by atoms with van der Waals surface area (Å²) in [5, 5.41) is 0.888. The first-order valence-corrected chi connectivity index (χ1v) is 11.8. The van der Waals surface area contributed by atoms with Gasteiger partial charge in [0.1, 0.15) is 23.8 Å². The molecule has 7 heteroatoms. The molecule has 2 heterocycles. The maximum Gasteiger partial charge on any atom is 0.344 e. The third-order valence-corrected chi connectivity index (χ3v) is 6.73. The van der Waals surface area contributed by atoms with Crippen LogP contribution in [0.3, 0.4) is 0 Å². The number of methoxy groups -OCH3 is 3. The molecule has 0 bridgehead atoms. The lowest BCUT2D eigenvalue weighted by Crippen LogP contribution is -2.33. The van der Waals surface area contributed by atoms with E-state index in [-0.39, 0.29) is 0 Å². The monoisotopic (exact) mass is 487 g/mol. The van der Waals surface area contributed by atoms with Gasteiger partial charge in [0.25, 0.3) is 0 Å². The molecule has 0 N–H and O–H groups in total. The molecule has 0 saturated heterocycles. The molecule has 0 fully saturated rings. The summed E-state index contributed by atoms with van der Waals surface area (Å²) < 4.78 is 28.0. The Morgan fingerprint density at radius 3 is 2.42 bits per heavy atom. The van der Waals surface area contributed by atoms with E-state index in [2.05, 4.69) is 17.0 Å². The molecule has 0 amide bonds. The zero-order chi connectivity index (χ0) is 25.2. The van der Waals surface area contributed by atoms with Crippen molar-refractivity contribution in [2.45, 2.75) is 19.9 Å². The van der Waals surface area contributed by atoms with Crippen LogP contribution in [0.1, 0.15) is 16.7 Å². The summed E-state index contributed by atoms with van der Waals surface area (Å²) in [4.78, 5) is 15.4. The molecule has 0 unspecified atom stereocenters. The standard InChI is InChI=1S/C29H29NO6/c1-18-22-10-12-24-23(16-30(17-35-24)14-13-19-5-8-21(32-2)9-6-19)28(22)36-29(31)27(18)20-7-11-25(33-3)26(15-20)34-4/h5-12,15H,13-14,16-17H2,1-4H3. The van der Waals surface area contributed by atoms with Gasteiger partial charge in [-0.2, -0.15) is 0 Å². The Bertz CT molecular complexity index is 1460. The Morgan fingerprint density at radius 2 is 1.69 bits per heavy atom. The first-order valence-electron chi connectivity index (χ1n) is 11.8. The Hall–Kier alpha value is -3.97. The van der Waals surface area contributed by atoms with Crippen LogP contribution in [0.15, 0.2) is 63.8 Å². The van der Waals surface area contributed by atoms with Gasteiger partial charge < -0.3 is 23.4 Å². The fourth-order valence-electron chi connectivity index (χ4n) is 4.72. The molecule has 5 rings (SSSR count). The van der Waals surface area contributed by atoms with Crippen molar-refractivity contribution in [3.8, 4) is 34.1 Å². The highest BCUT2D eigenvalue weighted by Gasteiger charge is 2.24. The van der Waals surface area contributed by atoms with E-state index in [1.165, 1.54) is 5.56 Å². The van der Waals surface area contributed by atoms with E-state index < -0.39 is 5.63 Å². The summed E-state index contributed by atoms with van der Waals surface area (Å²) >= 11 is 0. The van der Waals surface area contributed by atoms with Gasteiger partial charge >= 0.3 is 5.63 Å². The van der Waals surface area contributed by atoms with Gasteiger partial charge in [0, 0.05) is 18.5 Å². The molecule has 3 aromatic carbocycles. The highest BCUT2D eigenvalue weighted by Crippen LogP contribution is 2.37. The highest BCUT2D eigenvalue weighted by atomic mass is 16.5. The summed E-state index contributed by atoms with van der Waals surface area (Å²) in [6, 6.07) is 17.4. The molecule has 1 aliphatic rings. The highest BCUT2D eigenvalue weighted by molar-refractivity contribution is 5.90. The molecule has 1 aliphatic heterocycles. The van der Waals surface area contributed by atoms with Crippen molar-refractivity contribution in [3.05, 3.63) is 81.7 Å². The van der Waals surface area contributed by atoms with Crippen LogP contribution in [0.5, 0.6) is 23.0 Å². The second-order valence-electron chi connectivity index (χ2n) is 8.80. The minimum absolute atomic E-state index is 0.393. The van der Waals surface area contributed by atoms with Crippen LogP contribution in [0, 0.1) is 6.92 Å². The van der Waals surface area contributed by atoms with Gasteiger partial charge in [-0.15, -0.1) is 0 Å². The maximum absolute atomic E-state index is 13.2. The van der Waals surface area contributed by atoms with Crippen LogP contribution >= 0.6 is 0 Å². The van der Waals surface area contributed by atoms with Crippen LogP contribution in [-0.4, -0.2) is 39.5 Å². The number of ether oxygens (including phenoxy) is 4. The number of nitrogens with zero attached hydrogens (tertiary/aromatic N) is 1. The normalized spacial score (nSPS) is 13.2. The van der Waals surface area contributed by atoms with E-state index in [0.717, 1.165) is 46.5 Å². The van der Waals surface area contributed by atoms with Crippen LogP contribution in [0.4, 0.5) is 0 Å². The lowest BCUT2D eigenvalue weighted by Gasteiger charge is -2.29. The van der Waals surface area contributed by atoms with Gasteiger partial charge in [0.2, 0.25) is 0 Å². The fraction of sp³-hybridized carbons (Fsp3) is 0.276.